The zero-order valence-corrected chi connectivity index (χ0v) is 28.6. The molecule has 0 aliphatic carbocycles. The third-order valence-electron chi connectivity index (χ3n) is 8.14. The minimum atomic E-state index is 0. The largest absolute Gasteiger partial charge is 0.501 e. The Morgan fingerprint density at radius 1 is 0.889 bits per heavy atom. The summed E-state index contributed by atoms with van der Waals surface area (Å²) in [5.74, 6) is 1.00. The molecule has 0 bridgehead atoms. The van der Waals surface area contributed by atoms with Gasteiger partial charge in [0.2, 0.25) is 0 Å². The number of aromatic nitrogens is 3. The van der Waals surface area contributed by atoms with Crippen LogP contribution in [0.1, 0.15) is 51.8 Å². The second kappa shape index (κ2) is 12.2. The van der Waals surface area contributed by atoms with Gasteiger partial charge in [0.15, 0.2) is 0 Å². The summed E-state index contributed by atoms with van der Waals surface area (Å²) in [6.07, 6.45) is 5.19. The molecule has 3 aromatic heterocycles. The number of imidazole rings is 1. The molecule has 1 aliphatic heterocycles. The molecule has 1 radical (unpaired) electrons. The summed E-state index contributed by atoms with van der Waals surface area (Å²) in [5, 5.41) is 2.25. The van der Waals surface area contributed by atoms with E-state index >= 15 is 0 Å². The molecule has 8 rings (SSSR count). The van der Waals surface area contributed by atoms with E-state index in [1.54, 1.807) is 0 Å². The van der Waals surface area contributed by atoms with Crippen LogP contribution in [-0.4, -0.2) is 14.5 Å². The van der Waals surface area contributed by atoms with Gasteiger partial charge in [-0.25, -0.2) is 0 Å². The number of nitrogens with zero attached hydrogens (tertiary/aromatic N) is 3. The second-order valence-electron chi connectivity index (χ2n) is 12.8. The molecule has 7 aromatic rings. The van der Waals surface area contributed by atoms with Crippen molar-refractivity contribution >= 4 is 38.5 Å². The molecule has 45 heavy (non-hydrogen) atoms. The van der Waals surface area contributed by atoms with Gasteiger partial charge in [-0.3, -0.25) is 4.98 Å². The van der Waals surface area contributed by atoms with Crippen molar-refractivity contribution in [3.8, 4) is 22.6 Å². The van der Waals surface area contributed by atoms with E-state index in [2.05, 4.69) is 111 Å². The summed E-state index contributed by atoms with van der Waals surface area (Å²) in [7, 11) is 0. The Bertz CT molecular complexity index is 2170. The second-order valence-corrected chi connectivity index (χ2v) is 12.8. The van der Waals surface area contributed by atoms with E-state index in [0.29, 0.717) is 6.04 Å². The SMILES string of the molecule is CC(C)(C)Cc1ccnc(-c2[c-]ccc3c2oc2ccccc23)c1.CC1=CC(C)n2c(-c3[c-]cccc3)nc3cccc1c32.[Ir]. The molecule has 0 saturated heterocycles. The van der Waals surface area contributed by atoms with E-state index < -0.39 is 0 Å². The van der Waals surface area contributed by atoms with Crippen molar-refractivity contribution in [3.05, 3.63) is 127 Å². The molecule has 5 heteroatoms. The normalized spacial score (nSPS) is 14.2. The van der Waals surface area contributed by atoms with E-state index in [9.17, 15) is 0 Å². The van der Waals surface area contributed by atoms with Gasteiger partial charge < -0.3 is 14.0 Å². The molecule has 227 valence electrons. The maximum atomic E-state index is 6.11. The zero-order chi connectivity index (χ0) is 30.4. The molecular weight excluding hydrogens is 731 g/mol. The van der Waals surface area contributed by atoms with Gasteiger partial charge in [-0.1, -0.05) is 79.8 Å². The average molecular weight is 766 g/mol. The minimum absolute atomic E-state index is 0. The van der Waals surface area contributed by atoms with Crippen molar-refractivity contribution in [2.24, 2.45) is 5.41 Å². The maximum Gasteiger partial charge on any atom is 0.120 e. The number of hydrogen-bond donors (Lipinski definition) is 0. The van der Waals surface area contributed by atoms with E-state index in [-0.39, 0.29) is 25.5 Å². The first-order valence-electron chi connectivity index (χ1n) is 15.2. The van der Waals surface area contributed by atoms with Crippen molar-refractivity contribution < 1.29 is 24.5 Å². The predicted molar refractivity (Wildman–Crippen MR) is 181 cm³/mol. The summed E-state index contributed by atoms with van der Waals surface area (Å²) in [6.45, 7) is 11.1. The van der Waals surface area contributed by atoms with Crippen LogP contribution in [-0.2, 0) is 26.5 Å². The zero-order valence-electron chi connectivity index (χ0n) is 26.2. The maximum absolute atomic E-state index is 6.11. The molecule has 0 amide bonds. The fraction of sp³-hybridized carbons (Fsp3) is 0.200. The Balaban J connectivity index is 0.000000158. The molecule has 4 nitrogen and oxygen atoms in total. The van der Waals surface area contributed by atoms with E-state index in [1.165, 1.54) is 22.2 Å². The molecule has 4 aromatic carbocycles. The smallest absolute Gasteiger partial charge is 0.120 e. The molecule has 0 spiro atoms. The van der Waals surface area contributed by atoms with Crippen molar-refractivity contribution in [1.82, 2.24) is 14.5 Å². The number of furan rings is 1. The average Bonchev–Trinajstić information content (AvgIpc) is 3.60. The van der Waals surface area contributed by atoms with Crippen LogP contribution in [0.2, 0.25) is 0 Å². The van der Waals surface area contributed by atoms with Crippen LogP contribution in [0, 0.1) is 17.5 Å². The van der Waals surface area contributed by atoms with Gasteiger partial charge in [-0.05, 0) is 55.1 Å². The van der Waals surface area contributed by atoms with Gasteiger partial charge in [-0.15, -0.1) is 54.1 Å². The minimum Gasteiger partial charge on any atom is -0.501 e. The monoisotopic (exact) mass is 766 g/mol. The summed E-state index contributed by atoms with van der Waals surface area (Å²) in [4.78, 5) is 9.41. The fourth-order valence-corrected chi connectivity index (χ4v) is 6.33. The third kappa shape index (κ3) is 5.91. The van der Waals surface area contributed by atoms with E-state index in [1.807, 2.05) is 48.7 Å². The number of hydrogen-bond acceptors (Lipinski definition) is 3. The first kappa shape index (κ1) is 30.7. The van der Waals surface area contributed by atoms with Gasteiger partial charge in [0.05, 0.1) is 22.4 Å². The molecule has 1 unspecified atom stereocenters. The number of para-hydroxylation sites is 2. The number of benzene rings is 4. The van der Waals surface area contributed by atoms with E-state index in [4.69, 9.17) is 9.40 Å². The van der Waals surface area contributed by atoms with Gasteiger partial charge in [-0.2, -0.15) is 0 Å². The van der Waals surface area contributed by atoms with Crippen LogP contribution in [0.15, 0.2) is 108 Å². The number of rotatable bonds is 3. The number of allylic oxidation sites excluding steroid dienone is 2. The van der Waals surface area contributed by atoms with Gasteiger partial charge in [0, 0.05) is 43.3 Å². The summed E-state index contributed by atoms with van der Waals surface area (Å²) in [5.41, 5.74) is 11.1. The summed E-state index contributed by atoms with van der Waals surface area (Å²) < 4.78 is 8.43. The van der Waals surface area contributed by atoms with Gasteiger partial charge in [0.1, 0.15) is 5.58 Å². The Morgan fingerprint density at radius 3 is 2.51 bits per heavy atom. The van der Waals surface area contributed by atoms with Crippen LogP contribution >= 0.6 is 0 Å². The Hall–Kier alpha value is -4.31. The molecule has 4 heterocycles. The van der Waals surface area contributed by atoms with Crippen LogP contribution < -0.4 is 0 Å². The van der Waals surface area contributed by atoms with Crippen LogP contribution in [0.5, 0.6) is 0 Å². The Labute approximate surface area is 278 Å². The van der Waals surface area contributed by atoms with Gasteiger partial charge >= 0.3 is 0 Å². The fourth-order valence-electron chi connectivity index (χ4n) is 6.33. The van der Waals surface area contributed by atoms with Crippen molar-refractivity contribution in [2.45, 2.75) is 47.1 Å². The van der Waals surface area contributed by atoms with Crippen LogP contribution in [0.4, 0.5) is 0 Å². The summed E-state index contributed by atoms with van der Waals surface area (Å²) in [6, 6.07) is 37.7. The Kier molecular flexibility index (Phi) is 8.35. The van der Waals surface area contributed by atoms with Crippen molar-refractivity contribution in [2.75, 3.05) is 0 Å². The first-order valence-corrected chi connectivity index (χ1v) is 15.2. The molecular formula is C40H35IrN3O-2. The van der Waals surface area contributed by atoms with Crippen LogP contribution in [0.25, 0.3) is 61.2 Å². The van der Waals surface area contributed by atoms with Crippen molar-refractivity contribution in [1.29, 1.82) is 0 Å². The summed E-state index contributed by atoms with van der Waals surface area (Å²) >= 11 is 0. The van der Waals surface area contributed by atoms with Gasteiger partial charge in [0.25, 0.3) is 0 Å². The molecule has 1 aliphatic rings. The topological polar surface area (TPSA) is 43.9 Å². The van der Waals surface area contributed by atoms with Crippen LogP contribution in [0.3, 0.4) is 0 Å². The molecule has 0 N–H and O–H groups in total. The van der Waals surface area contributed by atoms with Crippen molar-refractivity contribution in [3.63, 3.8) is 0 Å². The Morgan fingerprint density at radius 2 is 1.71 bits per heavy atom. The molecule has 1 atom stereocenters. The standard InChI is InChI=1S/C22H20NO.C18H15N2.Ir/c1-22(2,3)14-15-11-12-23-19(13-15)18-9-6-8-17-16-7-4-5-10-20(16)24-21(17)18;1-12-11-13(2)20-17-15(12)9-6-10-16(17)19-18(20)14-7-4-3-5-8-14;/h4-8,10-13H,14H2,1-3H3;3-7,9-11,13H,1-2H3;/q2*-1;. The number of fused-ring (bicyclic) bond motifs is 3. The predicted octanol–water partition coefficient (Wildman–Crippen LogP) is 10.5. The molecule has 0 saturated carbocycles. The molecule has 0 fully saturated rings. The number of pyridine rings is 1. The first-order chi connectivity index (χ1) is 21.3. The van der Waals surface area contributed by atoms with E-state index in [0.717, 1.165) is 56.5 Å². The third-order valence-corrected chi connectivity index (χ3v) is 8.14. The quantitative estimate of drug-likeness (QED) is 0.168.